The summed E-state index contributed by atoms with van der Waals surface area (Å²) in [5, 5.41) is 15.1. The number of nitrogens with one attached hydrogen (secondary N) is 1. The lowest BCUT2D eigenvalue weighted by Gasteiger charge is -2.31. The largest absolute Gasteiger partial charge is 0.399 e. The number of amides is 1. The number of aliphatic hydroxyl groups excluding tert-OH is 1. The number of aliphatic hydroxyl groups is 1. The van der Waals surface area contributed by atoms with Gasteiger partial charge in [-0.2, -0.15) is 4.31 Å². The fourth-order valence-electron chi connectivity index (χ4n) is 4.39. The van der Waals surface area contributed by atoms with Crippen LogP contribution in [0.1, 0.15) is 32.3 Å². The van der Waals surface area contributed by atoms with Crippen molar-refractivity contribution < 1.29 is 18.3 Å². The van der Waals surface area contributed by atoms with Gasteiger partial charge >= 0.3 is 0 Å². The van der Waals surface area contributed by atoms with Crippen molar-refractivity contribution in [1.82, 2.24) is 9.62 Å². The van der Waals surface area contributed by atoms with Crippen LogP contribution in [-0.4, -0.2) is 55.5 Å². The van der Waals surface area contributed by atoms with Crippen molar-refractivity contribution >= 4 is 32.4 Å². The molecule has 0 aliphatic carbocycles. The average molecular weight is 527 g/mol. The van der Waals surface area contributed by atoms with E-state index in [2.05, 4.69) is 5.32 Å². The van der Waals surface area contributed by atoms with Gasteiger partial charge in [-0.1, -0.05) is 56.3 Å². The first kappa shape index (κ1) is 28.6. The number of nitrogens with two attached hydrogens (primary N) is 2. The number of nitrogens with zero attached hydrogens (tertiary/aromatic N) is 1. The Bertz CT molecular complexity index is 1270. The standard InChI is InChI=1S/C28H38N4O4S/c1-20(2)18-32(37(35,36)25-14-12-23(29)13-15-25)24(19-33)10-6-16-31-28(34)27(30)17-22-9-5-8-21-7-3-4-11-26(21)22/h3-5,7-9,11-15,20,24,27,33H,6,10,16-19,29-30H2,1-2H3,(H,31,34). The molecule has 3 aromatic carbocycles. The summed E-state index contributed by atoms with van der Waals surface area (Å²) in [5.74, 6) is -0.202. The molecular formula is C28H38N4O4S. The summed E-state index contributed by atoms with van der Waals surface area (Å²) in [5.41, 5.74) is 13.4. The smallest absolute Gasteiger partial charge is 0.243 e. The summed E-state index contributed by atoms with van der Waals surface area (Å²) >= 11 is 0. The van der Waals surface area contributed by atoms with Crippen LogP contribution in [0.5, 0.6) is 0 Å². The van der Waals surface area contributed by atoms with E-state index < -0.39 is 22.1 Å². The Hall–Kier alpha value is -2.98. The number of hydrogen-bond donors (Lipinski definition) is 4. The minimum absolute atomic E-state index is 0.0596. The van der Waals surface area contributed by atoms with Crippen molar-refractivity contribution in [3.05, 3.63) is 72.3 Å². The third-order valence-corrected chi connectivity index (χ3v) is 8.25. The summed E-state index contributed by atoms with van der Waals surface area (Å²) in [6.45, 7) is 4.13. The number of rotatable bonds is 13. The van der Waals surface area contributed by atoms with E-state index in [0.29, 0.717) is 31.5 Å². The van der Waals surface area contributed by atoms with E-state index in [9.17, 15) is 18.3 Å². The molecule has 3 rings (SSSR count). The summed E-state index contributed by atoms with van der Waals surface area (Å²) < 4.78 is 28.1. The molecule has 0 bridgehead atoms. The third-order valence-electron chi connectivity index (χ3n) is 6.32. The highest BCUT2D eigenvalue weighted by molar-refractivity contribution is 7.89. The fraction of sp³-hybridized carbons (Fsp3) is 0.393. The normalized spacial score (nSPS) is 13.7. The highest BCUT2D eigenvalue weighted by Crippen LogP contribution is 2.23. The Balaban J connectivity index is 1.59. The van der Waals surface area contributed by atoms with Crippen LogP contribution in [0.25, 0.3) is 10.8 Å². The van der Waals surface area contributed by atoms with Gasteiger partial charge in [0.25, 0.3) is 0 Å². The first-order chi connectivity index (χ1) is 17.6. The second-order valence-electron chi connectivity index (χ2n) is 9.76. The molecule has 0 spiro atoms. The maximum absolute atomic E-state index is 13.4. The monoisotopic (exact) mass is 526 g/mol. The van der Waals surface area contributed by atoms with Crippen LogP contribution in [0.3, 0.4) is 0 Å². The van der Waals surface area contributed by atoms with Crippen molar-refractivity contribution in [2.75, 3.05) is 25.4 Å². The quantitative estimate of drug-likeness (QED) is 0.200. The molecule has 0 heterocycles. The number of anilines is 1. The molecule has 37 heavy (non-hydrogen) atoms. The highest BCUT2D eigenvalue weighted by Gasteiger charge is 2.31. The average Bonchev–Trinajstić information content (AvgIpc) is 2.88. The first-order valence-corrected chi connectivity index (χ1v) is 14.1. The van der Waals surface area contributed by atoms with Crippen LogP contribution in [0.2, 0.25) is 0 Å². The van der Waals surface area contributed by atoms with Crippen LogP contribution in [0.4, 0.5) is 5.69 Å². The molecule has 200 valence electrons. The van der Waals surface area contributed by atoms with Gasteiger partial charge in [0.2, 0.25) is 15.9 Å². The molecule has 0 saturated heterocycles. The fourth-order valence-corrected chi connectivity index (χ4v) is 6.20. The second kappa shape index (κ2) is 13.0. The van der Waals surface area contributed by atoms with E-state index in [1.54, 1.807) is 12.1 Å². The molecular weight excluding hydrogens is 488 g/mol. The van der Waals surface area contributed by atoms with Gasteiger partial charge in [-0.15, -0.1) is 0 Å². The van der Waals surface area contributed by atoms with Gasteiger partial charge in [0.15, 0.2) is 0 Å². The van der Waals surface area contributed by atoms with Gasteiger partial charge in [-0.3, -0.25) is 4.79 Å². The number of carbonyl (C=O) groups is 1. The van der Waals surface area contributed by atoms with Gasteiger partial charge in [0.1, 0.15) is 0 Å². The summed E-state index contributed by atoms with van der Waals surface area (Å²) in [6, 6.07) is 18.7. The zero-order valence-electron chi connectivity index (χ0n) is 21.5. The van der Waals surface area contributed by atoms with E-state index in [4.69, 9.17) is 11.5 Å². The molecule has 0 aliphatic rings. The maximum atomic E-state index is 13.4. The van der Waals surface area contributed by atoms with Crippen LogP contribution in [-0.2, 0) is 21.2 Å². The Kier molecular flexibility index (Phi) is 10.0. The summed E-state index contributed by atoms with van der Waals surface area (Å²) in [4.78, 5) is 12.8. The van der Waals surface area contributed by atoms with E-state index in [-0.39, 0.29) is 29.9 Å². The number of carbonyl (C=O) groups excluding carboxylic acids is 1. The van der Waals surface area contributed by atoms with Crippen molar-refractivity contribution in [3.8, 4) is 0 Å². The molecule has 1 amide bonds. The SMILES string of the molecule is CC(C)CN(C(CO)CCCNC(=O)C(N)Cc1cccc2ccccc12)S(=O)(=O)c1ccc(N)cc1. The minimum atomic E-state index is -3.83. The maximum Gasteiger partial charge on any atom is 0.243 e. The zero-order valence-corrected chi connectivity index (χ0v) is 22.3. The molecule has 2 atom stereocenters. The number of sulfonamides is 1. The van der Waals surface area contributed by atoms with E-state index in [1.165, 1.54) is 16.4 Å². The molecule has 2 unspecified atom stereocenters. The Morgan fingerprint density at radius 2 is 1.70 bits per heavy atom. The van der Waals surface area contributed by atoms with Gasteiger partial charge in [-0.25, -0.2) is 8.42 Å². The predicted octanol–water partition coefficient (Wildman–Crippen LogP) is 2.90. The third kappa shape index (κ3) is 7.52. The molecule has 8 nitrogen and oxygen atoms in total. The predicted molar refractivity (Wildman–Crippen MR) is 148 cm³/mol. The number of hydrogen-bond acceptors (Lipinski definition) is 6. The number of benzene rings is 3. The van der Waals surface area contributed by atoms with Crippen LogP contribution in [0, 0.1) is 5.92 Å². The lowest BCUT2D eigenvalue weighted by atomic mass is 9.99. The lowest BCUT2D eigenvalue weighted by Crippen LogP contribution is -2.45. The minimum Gasteiger partial charge on any atom is -0.399 e. The second-order valence-corrected chi connectivity index (χ2v) is 11.6. The van der Waals surface area contributed by atoms with Crippen molar-refractivity contribution in [3.63, 3.8) is 0 Å². The summed E-state index contributed by atoms with van der Waals surface area (Å²) in [6.07, 6.45) is 1.29. The van der Waals surface area contributed by atoms with Crippen LogP contribution < -0.4 is 16.8 Å². The highest BCUT2D eigenvalue weighted by atomic mass is 32.2. The van der Waals surface area contributed by atoms with E-state index in [1.807, 2.05) is 56.3 Å². The molecule has 6 N–H and O–H groups in total. The molecule has 0 fully saturated rings. The first-order valence-electron chi connectivity index (χ1n) is 12.6. The Labute approximate surface area is 219 Å². The topological polar surface area (TPSA) is 139 Å². The van der Waals surface area contributed by atoms with Crippen LogP contribution >= 0.6 is 0 Å². The van der Waals surface area contributed by atoms with Gasteiger partial charge in [0, 0.05) is 24.8 Å². The van der Waals surface area contributed by atoms with E-state index in [0.717, 1.165) is 16.3 Å². The molecule has 0 saturated carbocycles. The van der Waals surface area contributed by atoms with Gasteiger partial charge < -0.3 is 21.9 Å². The Morgan fingerprint density at radius 1 is 1.03 bits per heavy atom. The lowest BCUT2D eigenvalue weighted by molar-refractivity contribution is -0.122. The zero-order chi connectivity index (χ0) is 27.0. The number of fused-ring (bicyclic) bond motifs is 1. The molecule has 0 aliphatic heterocycles. The van der Waals surface area contributed by atoms with Gasteiger partial charge in [-0.05, 0) is 65.8 Å². The van der Waals surface area contributed by atoms with Crippen molar-refractivity contribution in [1.29, 1.82) is 0 Å². The van der Waals surface area contributed by atoms with Crippen molar-refractivity contribution in [2.24, 2.45) is 11.7 Å². The molecule has 0 radical (unpaired) electrons. The number of nitrogen functional groups attached to an aromatic ring is 1. The van der Waals surface area contributed by atoms with Gasteiger partial charge in [0.05, 0.1) is 17.5 Å². The van der Waals surface area contributed by atoms with Crippen molar-refractivity contribution in [2.45, 2.75) is 50.1 Å². The molecule has 3 aromatic rings. The Morgan fingerprint density at radius 3 is 2.38 bits per heavy atom. The molecule has 9 heteroatoms. The molecule has 0 aromatic heterocycles. The summed E-state index contributed by atoms with van der Waals surface area (Å²) in [7, 11) is -3.83. The van der Waals surface area contributed by atoms with Crippen LogP contribution in [0.15, 0.2) is 71.6 Å². The van der Waals surface area contributed by atoms with E-state index >= 15 is 0 Å².